The first-order valence-electron chi connectivity index (χ1n) is 4.98. The lowest BCUT2D eigenvalue weighted by Gasteiger charge is -2.16. The monoisotopic (exact) mass is 254 g/mol. The zero-order valence-electron chi connectivity index (χ0n) is 8.57. The molecule has 3 heteroatoms. The Hall–Kier alpha value is -0.570. The van der Waals surface area contributed by atoms with E-state index in [2.05, 4.69) is 45.7 Å². The number of hydrogen-bond acceptors (Lipinski definition) is 2. The highest BCUT2D eigenvalue weighted by Gasteiger charge is 2.27. The lowest BCUT2D eigenvalue weighted by Crippen LogP contribution is -2.20. The normalized spacial score (nSPS) is 26.9. The average molecular weight is 255 g/mol. The minimum absolute atomic E-state index is 0.602. The van der Waals surface area contributed by atoms with Gasteiger partial charge in [-0.15, -0.1) is 0 Å². The van der Waals surface area contributed by atoms with Gasteiger partial charge >= 0.3 is 0 Å². The molecule has 2 unspecified atom stereocenters. The van der Waals surface area contributed by atoms with E-state index in [4.69, 9.17) is 0 Å². The molecule has 2 rings (SSSR count). The summed E-state index contributed by atoms with van der Waals surface area (Å²) in [5.74, 6) is 1.82. The van der Waals surface area contributed by atoms with Crippen LogP contribution >= 0.6 is 15.9 Å². The highest BCUT2D eigenvalue weighted by molar-refractivity contribution is 9.09. The third-order valence-corrected chi connectivity index (χ3v) is 3.94. The molecule has 1 aliphatic heterocycles. The van der Waals surface area contributed by atoms with Crippen molar-refractivity contribution in [2.24, 2.45) is 5.92 Å². The Labute approximate surface area is 93.5 Å². The topological polar surface area (TPSA) is 16.1 Å². The minimum Gasteiger partial charge on any atom is -0.355 e. The fourth-order valence-corrected chi connectivity index (χ4v) is 2.32. The number of anilines is 1. The van der Waals surface area contributed by atoms with Crippen LogP contribution in [0.3, 0.4) is 0 Å². The van der Waals surface area contributed by atoms with E-state index < -0.39 is 0 Å². The highest BCUT2D eigenvalue weighted by Crippen LogP contribution is 2.26. The summed E-state index contributed by atoms with van der Waals surface area (Å²) in [6.07, 6.45) is 1.89. The molecule has 0 saturated carbocycles. The van der Waals surface area contributed by atoms with Crippen LogP contribution in [0.4, 0.5) is 5.82 Å². The van der Waals surface area contributed by atoms with Crippen molar-refractivity contribution in [2.45, 2.75) is 18.7 Å². The van der Waals surface area contributed by atoms with E-state index in [-0.39, 0.29) is 0 Å². The van der Waals surface area contributed by atoms with Crippen LogP contribution < -0.4 is 4.90 Å². The maximum atomic E-state index is 4.40. The van der Waals surface area contributed by atoms with Crippen LogP contribution in [0.1, 0.15) is 12.5 Å². The zero-order valence-corrected chi connectivity index (χ0v) is 10.2. The van der Waals surface area contributed by atoms with E-state index >= 15 is 0 Å². The molecule has 76 valence electrons. The number of aromatic nitrogens is 1. The summed E-state index contributed by atoms with van der Waals surface area (Å²) in [6.45, 7) is 6.55. The van der Waals surface area contributed by atoms with Crippen LogP contribution in [0.2, 0.25) is 0 Å². The summed E-state index contributed by atoms with van der Waals surface area (Å²) in [6, 6.07) is 4.19. The Morgan fingerprint density at radius 3 is 2.86 bits per heavy atom. The van der Waals surface area contributed by atoms with Gasteiger partial charge in [0.05, 0.1) is 0 Å². The highest BCUT2D eigenvalue weighted by atomic mass is 79.9. The van der Waals surface area contributed by atoms with Crippen molar-refractivity contribution in [1.29, 1.82) is 0 Å². The Morgan fingerprint density at radius 2 is 2.29 bits per heavy atom. The van der Waals surface area contributed by atoms with Crippen molar-refractivity contribution < 1.29 is 0 Å². The number of hydrogen-bond donors (Lipinski definition) is 0. The van der Waals surface area contributed by atoms with Gasteiger partial charge in [0.15, 0.2) is 0 Å². The van der Waals surface area contributed by atoms with Gasteiger partial charge < -0.3 is 4.90 Å². The van der Waals surface area contributed by atoms with Crippen molar-refractivity contribution in [1.82, 2.24) is 4.98 Å². The summed E-state index contributed by atoms with van der Waals surface area (Å²) in [4.78, 5) is 7.34. The van der Waals surface area contributed by atoms with Gasteiger partial charge in [-0.2, -0.15) is 0 Å². The lowest BCUT2D eigenvalue weighted by molar-refractivity contribution is 0.679. The van der Waals surface area contributed by atoms with E-state index in [0.29, 0.717) is 10.7 Å². The van der Waals surface area contributed by atoms with Crippen LogP contribution in [0.5, 0.6) is 0 Å². The minimum atomic E-state index is 0.602. The molecule has 2 atom stereocenters. The summed E-state index contributed by atoms with van der Waals surface area (Å²) < 4.78 is 0. The summed E-state index contributed by atoms with van der Waals surface area (Å²) in [5.41, 5.74) is 1.28. The standard InChI is InChI=1S/C11H15BrN2/c1-8-3-4-13-11(5-8)14-6-9(2)10(12)7-14/h3-5,9-10H,6-7H2,1-2H3. The van der Waals surface area contributed by atoms with Crippen molar-refractivity contribution >= 4 is 21.7 Å². The first-order valence-corrected chi connectivity index (χ1v) is 5.90. The van der Waals surface area contributed by atoms with Gasteiger partial charge in [-0.05, 0) is 30.5 Å². The number of pyridine rings is 1. The molecule has 1 aromatic heterocycles. The molecular formula is C11H15BrN2. The Balaban J connectivity index is 2.17. The number of halogens is 1. The molecule has 0 N–H and O–H groups in total. The van der Waals surface area contributed by atoms with Crippen molar-refractivity contribution in [2.75, 3.05) is 18.0 Å². The number of nitrogens with zero attached hydrogens (tertiary/aromatic N) is 2. The maximum Gasteiger partial charge on any atom is 0.128 e. The molecule has 1 fully saturated rings. The second kappa shape index (κ2) is 3.89. The van der Waals surface area contributed by atoms with Crippen LogP contribution in [-0.4, -0.2) is 22.9 Å². The second-order valence-electron chi connectivity index (χ2n) is 4.09. The van der Waals surface area contributed by atoms with Crippen molar-refractivity contribution in [3.63, 3.8) is 0 Å². The quantitative estimate of drug-likeness (QED) is 0.717. The van der Waals surface area contributed by atoms with Gasteiger partial charge in [0.1, 0.15) is 5.82 Å². The zero-order chi connectivity index (χ0) is 10.1. The van der Waals surface area contributed by atoms with E-state index in [1.807, 2.05) is 12.3 Å². The van der Waals surface area contributed by atoms with E-state index in [1.165, 1.54) is 5.56 Å². The molecular weight excluding hydrogens is 240 g/mol. The average Bonchev–Trinajstić information content (AvgIpc) is 2.47. The summed E-state index contributed by atoms with van der Waals surface area (Å²) in [5, 5.41) is 0. The number of alkyl halides is 1. The smallest absolute Gasteiger partial charge is 0.128 e. The lowest BCUT2D eigenvalue weighted by atomic mass is 10.2. The molecule has 1 saturated heterocycles. The van der Waals surface area contributed by atoms with Gasteiger partial charge in [0.2, 0.25) is 0 Å². The second-order valence-corrected chi connectivity index (χ2v) is 5.27. The summed E-state index contributed by atoms with van der Waals surface area (Å²) in [7, 11) is 0. The third-order valence-electron chi connectivity index (χ3n) is 2.75. The largest absolute Gasteiger partial charge is 0.355 e. The van der Waals surface area contributed by atoms with Crippen LogP contribution in [0.15, 0.2) is 18.3 Å². The Kier molecular flexibility index (Phi) is 2.77. The van der Waals surface area contributed by atoms with E-state index in [0.717, 1.165) is 18.9 Å². The van der Waals surface area contributed by atoms with Gasteiger partial charge in [-0.3, -0.25) is 0 Å². The van der Waals surface area contributed by atoms with Gasteiger partial charge in [-0.1, -0.05) is 22.9 Å². The fourth-order valence-electron chi connectivity index (χ4n) is 1.81. The molecule has 2 nitrogen and oxygen atoms in total. The molecule has 0 spiro atoms. The van der Waals surface area contributed by atoms with E-state index in [1.54, 1.807) is 0 Å². The Morgan fingerprint density at radius 1 is 1.50 bits per heavy atom. The predicted molar refractivity (Wildman–Crippen MR) is 63.1 cm³/mol. The Bertz CT molecular complexity index is 317. The van der Waals surface area contributed by atoms with Gasteiger partial charge in [-0.25, -0.2) is 4.98 Å². The molecule has 0 bridgehead atoms. The maximum absolute atomic E-state index is 4.40. The van der Waals surface area contributed by atoms with Gasteiger partial charge in [0, 0.05) is 24.1 Å². The molecule has 0 amide bonds. The molecule has 0 aliphatic carbocycles. The molecule has 1 aliphatic rings. The number of aryl methyl sites for hydroxylation is 1. The molecule has 2 heterocycles. The molecule has 1 aromatic rings. The van der Waals surface area contributed by atoms with Crippen molar-refractivity contribution in [3.05, 3.63) is 23.9 Å². The first kappa shape index (κ1) is 9.97. The van der Waals surface area contributed by atoms with E-state index in [9.17, 15) is 0 Å². The third kappa shape index (κ3) is 1.92. The predicted octanol–water partition coefficient (Wildman–Crippen LogP) is 2.61. The van der Waals surface area contributed by atoms with Crippen LogP contribution in [0, 0.1) is 12.8 Å². The summed E-state index contributed by atoms with van der Waals surface area (Å²) >= 11 is 3.69. The first-order chi connectivity index (χ1) is 6.66. The molecule has 0 aromatic carbocycles. The van der Waals surface area contributed by atoms with Crippen LogP contribution in [0.25, 0.3) is 0 Å². The van der Waals surface area contributed by atoms with Crippen LogP contribution in [-0.2, 0) is 0 Å². The molecule has 0 radical (unpaired) electrons. The van der Waals surface area contributed by atoms with Crippen molar-refractivity contribution in [3.8, 4) is 0 Å². The fraction of sp³-hybridized carbons (Fsp3) is 0.545. The SMILES string of the molecule is Cc1ccnc(N2CC(C)C(Br)C2)c1. The number of rotatable bonds is 1. The van der Waals surface area contributed by atoms with Gasteiger partial charge in [0.25, 0.3) is 0 Å². The molecule has 14 heavy (non-hydrogen) atoms.